The van der Waals surface area contributed by atoms with Crippen LogP contribution in [0.2, 0.25) is 10.0 Å². The third-order valence-electron chi connectivity index (χ3n) is 7.40. The standard InChI is InChI=1S/C33H41Cl2N3O6/c34-28-4-6-32-26(20-28)22-37-8-12-39-16-18-41-14-10-38(11-15-42-19-17-40-13-9-37)23-27-21-29(35)5-7-33(27)44-25-31-3-1-2-30(36-31)24-43-32/h1-7,20-21H,8-19,22-25H2. The van der Waals surface area contributed by atoms with Gasteiger partial charge in [0.1, 0.15) is 24.7 Å². The third kappa shape index (κ3) is 10.9. The van der Waals surface area contributed by atoms with Crippen LogP contribution in [0.25, 0.3) is 0 Å². The molecule has 1 fully saturated rings. The second-order valence-electron chi connectivity index (χ2n) is 10.7. The molecule has 11 heteroatoms. The van der Waals surface area contributed by atoms with E-state index in [4.69, 9.17) is 56.6 Å². The van der Waals surface area contributed by atoms with Crippen molar-refractivity contribution in [3.8, 4) is 11.5 Å². The fourth-order valence-electron chi connectivity index (χ4n) is 5.06. The smallest absolute Gasteiger partial charge is 0.130 e. The molecule has 3 aromatic rings. The van der Waals surface area contributed by atoms with Gasteiger partial charge in [0.15, 0.2) is 0 Å². The van der Waals surface area contributed by atoms with Crippen LogP contribution in [-0.4, -0.2) is 93.8 Å². The summed E-state index contributed by atoms with van der Waals surface area (Å²) in [5.74, 6) is 1.53. The van der Waals surface area contributed by atoms with E-state index in [-0.39, 0.29) is 0 Å². The van der Waals surface area contributed by atoms with Crippen molar-refractivity contribution >= 4 is 23.2 Å². The Balaban J connectivity index is 1.42. The summed E-state index contributed by atoms with van der Waals surface area (Å²) in [6.07, 6.45) is 0. The number of fused-ring (bicyclic) bond motifs is 16. The van der Waals surface area contributed by atoms with E-state index in [0.29, 0.717) is 89.2 Å². The average Bonchev–Trinajstić information content (AvgIpc) is 3.01. The number of hydrogen-bond donors (Lipinski definition) is 0. The topological polar surface area (TPSA) is 74.8 Å². The Morgan fingerprint density at radius 2 is 0.932 bits per heavy atom. The maximum Gasteiger partial charge on any atom is 0.130 e. The number of nitrogens with zero attached hydrogens (tertiary/aromatic N) is 3. The lowest BCUT2D eigenvalue weighted by atomic mass is 10.2. The molecule has 0 unspecified atom stereocenters. The highest BCUT2D eigenvalue weighted by molar-refractivity contribution is 6.31. The maximum absolute atomic E-state index is 6.43. The van der Waals surface area contributed by atoms with Crippen molar-refractivity contribution in [1.82, 2.24) is 14.8 Å². The molecule has 0 radical (unpaired) electrons. The van der Waals surface area contributed by atoms with Gasteiger partial charge in [-0.15, -0.1) is 0 Å². The Kier molecular flexibility index (Phi) is 13.4. The van der Waals surface area contributed by atoms with E-state index in [2.05, 4.69) is 9.80 Å². The van der Waals surface area contributed by atoms with E-state index in [1.165, 1.54) is 0 Å². The molecule has 238 valence electrons. The van der Waals surface area contributed by atoms with Crippen molar-refractivity contribution in [2.75, 3.05) is 79.0 Å². The molecule has 4 bridgehead atoms. The Hall–Kier alpha value is -2.47. The molecular formula is C33H41Cl2N3O6. The second-order valence-corrected chi connectivity index (χ2v) is 11.6. The Morgan fingerprint density at radius 3 is 1.34 bits per heavy atom. The third-order valence-corrected chi connectivity index (χ3v) is 7.87. The zero-order valence-electron chi connectivity index (χ0n) is 25.1. The highest BCUT2D eigenvalue weighted by atomic mass is 35.5. The summed E-state index contributed by atoms with van der Waals surface area (Å²) in [7, 11) is 0. The van der Waals surface area contributed by atoms with Crippen LogP contribution < -0.4 is 9.47 Å². The normalized spacial score (nSPS) is 21.8. The summed E-state index contributed by atoms with van der Waals surface area (Å²) in [6, 6.07) is 17.3. The molecule has 0 amide bonds. The van der Waals surface area contributed by atoms with Crippen molar-refractivity contribution in [3.63, 3.8) is 0 Å². The minimum Gasteiger partial charge on any atom is -0.487 e. The van der Waals surface area contributed by atoms with Gasteiger partial charge in [0, 0.05) is 60.4 Å². The minimum atomic E-state index is 0.315. The minimum absolute atomic E-state index is 0.315. The highest BCUT2D eigenvalue weighted by Crippen LogP contribution is 2.27. The van der Waals surface area contributed by atoms with Crippen LogP contribution >= 0.6 is 23.2 Å². The van der Waals surface area contributed by atoms with Crippen LogP contribution in [0.15, 0.2) is 54.6 Å². The first kappa shape index (κ1) is 32.9. The van der Waals surface area contributed by atoms with Gasteiger partial charge in [0.05, 0.1) is 64.2 Å². The fraction of sp³-hybridized carbons (Fsp3) is 0.485. The first-order valence-electron chi connectivity index (χ1n) is 15.2. The van der Waals surface area contributed by atoms with Crippen LogP contribution in [-0.2, 0) is 45.3 Å². The predicted octanol–water partition coefficient (Wildman–Crippen LogP) is 5.24. The molecule has 4 heterocycles. The predicted molar refractivity (Wildman–Crippen MR) is 170 cm³/mol. The quantitative estimate of drug-likeness (QED) is 0.326. The Morgan fingerprint density at radius 1 is 0.523 bits per heavy atom. The first-order valence-corrected chi connectivity index (χ1v) is 15.9. The van der Waals surface area contributed by atoms with Crippen molar-refractivity contribution < 1.29 is 28.4 Å². The molecule has 0 spiro atoms. The number of aromatic nitrogens is 1. The zero-order chi connectivity index (χ0) is 30.4. The van der Waals surface area contributed by atoms with Gasteiger partial charge in [-0.1, -0.05) is 29.3 Å². The lowest BCUT2D eigenvalue weighted by Crippen LogP contribution is -2.33. The zero-order valence-corrected chi connectivity index (χ0v) is 26.6. The van der Waals surface area contributed by atoms with Crippen molar-refractivity contribution in [2.45, 2.75) is 26.3 Å². The van der Waals surface area contributed by atoms with Crippen molar-refractivity contribution in [2.24, 2.45) is 0 Å². The van der Waals surface area contributed by atoms with Gasteiger partial charge >= 0.3 is 0 Å². The molecule has 6 rings (SSSR count). The van der Waals surface area contributed by atoms with Crippen LogP contribution in [0.1, 0.15) is 22.5 Å². The number of ether oxygens (including phenoxy) is 6. The molecule has 3 aliphatic rings. The Bertz CT molecular complexity index is 1200. The molecule has 0 atom stereocenters. The van der Waals surface area contributed by atoms with Gasteiger partial charge in [0.25, 0.3) is 0 Å². The van der Waals surface area contributed by atoms with Crippen molar-refractivity contribution in [3.05, 3.63) is 87.2 Å². The van der Waals surface area contributed by atoms with Crippen LogP contribution in [0.4, 0.5) is 0 Å². The number of halogens is 2. The van der Waals surface area contributed by atoms with Crippen LogP contribution in [0, 0.1) is 0 Å². The van der Waals surface area contributed by atoms with Gasteiger partial charge < -0.3 is 28.4 Å². The van der Waals surface area contributed by atoms with Crippen LogP contribution in [0.5, 0.6) is 11.5 Å². The summed E-state index contributed by atoms with van der Waals surface area (Å²) in [6.45, 7) is 9.20. The molecule has 0 N–H and O–H groups in total. The number of rotatable bonds is 0. The van der Waals surface area contributed by atoms with Gasteiger partial charge in [-0.2, -0.15) is 0 Å². The molecule has 0 saturated carbocycles. The summed E-state index contributed by atoms with van der Waals surface area (Å²) >= 11 is 12.9. The highest BCUT2D eigenvalue weighted by Gasteiger charge is 2.15. The first-order chi connectivity index (χ1) is 21.6. The number of pyridine rings is 1. The molecule has 44 heavy (non-hydrogen) atoms. The summed E-state index contributed by atoms with van der Waals surface area (Å²) in [5, 5.41) is 1.32. The van der Waals surface area contributed by atoms with Gasteiger partial charge in [0.2, 0.25) is 0 Å². The lowest BCUT2D eigenvalue weighted by molar-refractivity contribution is 0.00607. The summed E-state index contributed by atoms with van der Waals surface area (Å²) < 4.78 is 36.4. The SMILES string of the molecule is Clc1ccc2c(c1)CN1CCOCCOCCN(CCOCCOCC1)Cc1cc(Cl)ccc1OCc1cccc(n1)CO2. The van der Waals surface area contributed by atoms with E-state index in [1.54, 1.807) is 0 Å². The summed E-state index contributed by atoms with van der Waals surface area (Å²) in [4.78, 5) is 9.38. The lowest BCUT2D eigenvalue weighted by Gasteiger charge is -2.25. The molecule has 0 aliphatic carbocycles. The average molecular weight is 647 g/mol. The molecule has 2 aromatic carbocycles. The maximum atomic E-state index is 6.43. The molecule has 3 aliphatic heterocycles. The number of benzene rings is 2. The van der Waals surface area contributed by atoms with E-state index in [0.717, 1.165) is 60.2 Å². The van der Waals surface area contributed by atoms with Gasteiger partial charge in [-0.3, -0.25) is 14.8 Å². The van der Waals surface area contributed by atoms with E-state index >= 15 is 0 Å². The fourth-order valence-corrected chi connectivity index (χ4v) is 5.45. The molecule has 9 nitrogen and oxygen atoms in total. The summed E-state index contributed by atoms with van der Waals surface area (Å²) in [5.41, 5.74) is 3.60. The van der Waals surface area contributed by atoms with E-state index in [9.17, 15) is 0 Å². The van der Waals surface area contributed by atoms with Crippen molar-refractivity contribution in [1.29, 1.82) is 0 Å². The number of hydrogen-bond acceptors (Lipinski definition) is 9. The second kappa shape index (κ2) is 17.9. The van der Waals surface area contributed by atoms with Crippen LogP contribution in [0.3, 0.4) is 0 Å². The molecule has 1 saturated heterocycles. The van der Waals surface area contributed by atoms with E-state index < -0.39 is 0 Å². The largest absolute Gasteiger partial charge is 0.487 e. The molecular weight excluding hydrogens is 605 g/mol. The monoisotopic (exact) mass is 645 g/mol. The van der Waals surface area contributed by atoms with E-state index in [1.807, 2.05) is 54.6 Å². The van der Waals surface area contributed by atoms with Gasteiger partial charge in [-0.05, 0) is 48.5 Å². The Labute approximate surface area is 269 Å². The van der Waals surface area contributed by atoms with Gasteiger partial charge in [-0.25, -0.2) is 0 Å². The molecule has 1 aromatic heterocycles.